The predicted octanol–water partition coefficient (Wildman–Crippen LogP) is 3.62. The van der Waals surface area contributed by atoms with Crippen molar-refractivity contribution in [2.24, 2.45) is 0 Å². The van der Waals surface area contributed by atoms with Gasteiger partial charge in [-0.15, -0.1) is 0 Å². The van der Waals surface area contributed by atoms with Crippen molar-refractivity contribution in [2.75, 3.05) is 13.1 Å². The Balaban J connectivity index is 1.34. The van der Waals surface area contributed by atoms with Crippen molar-refractivity contribution in [3.05, 3.63) is 60.4 Å². The highest BCUT2D eigenvalue weighted by Gasteiger charge is 2.26. The molecule has 0 radical (unpaired) electrons. The van der Waals surface area contributed by atoms with E-state index in [9.17, 15) is 9.18 Å². The number of nitrogens with zero attached hydrogens (tertiary/aromatic N) is 5. The number of hydrogen-bond acceptors (Lipinski definition) is 5. The summed E-state index contributed by atoms with van der Waals surface area (Å²) in [6.07, 6.45) is 4.39. The molecule has 0 aliphatic carbocycles. The summed E-state index contributed by atoms with van der Waals surface area (Å²) in [7, 11) is 0. The second-order valence-electron chi connectivity index (χ2n) is 6.78. The van der Waals surface area contributed by atoms with Gasteiger partial charge in [-0.25, -0.2) is 18.9 Å². The Morgan fingerprint density at radius 1 is 1.11 bits per heavy atom. The summed E-state index contributed by atoms with van der Waals surface area (Å²) in [6.45, 7) is 3.03. The van der Waals surface area contributed by atoms with Crippen LogP contribution in [0.5, 0.6) is 5.75 Å². The minimum absolute atomic E-state index is 0.159. The van der Waals surface area contributed by atoms with Crippen LogP contribution in [-0.2, 0) is 0 Å². The quantitative estimate of drug-likeness (QED) is 0.693. The molecule has 3 heterocycles. The van der Waals surface area contributed by atoms with Crippen LogP contribution < -0.4 is 4.74 Å². The number of ether oxygens (including phenoxy) is 1. The number of benzene rings is 1. The maximum absolute atomic E-state index is 13.1. The van der Waals surface area contributed by atoms with Gasteiger partial charge in [0.05, 0.1) is 12.2 Å². The van der Waals surface area contributed by atoms with Gasteiger partial charge in [-0.2, -0.15) is 5.10 Å². The Morgan fingerprint density at radius 2 is 1.86 bits per heavy atom. The van der Waals surface area contributed by atoms with Crippen molar-refractivity contribution >= 4 is 6.09 Å². The molecule has 1 aliphatic rings. The molecule has 1 aromatic carbocycles. The topological polar surface area (TPSA) is 73.1 Å². The number of pyridine rings is 1. The summed E-state index contributed by atoms with van der Waals surface area (Å²) in [5.74, 6) is 0.718. The number of amides is 1. The normalized spacial score (nSPS) is 14.9. The van der Waals surface area contributed by atoms with E-state index in [1.807, 2.05) is 11.6 Å². The molecule has 0 saturated carbocycles. The zero-order valence-electron chi connectivity index (χ0n) is 15.5. The molecule has 7 nitrogen and oxygen atoms in total. The zero-order chi connectivity index (χ0) is 19.5. The van der Waals surface area contributed by atoms with E-state index in [4.69, 9.17) is 4.74 Å². The fourth-order valence-corrected chi connectivity index (χ4v) is 3.17. The fourth-order valence-electron chi connectivity index (χ4n) is 3.17. The molecular weight excluding hydrogens is 361 g/mol. The molecule has 0 spiro atoms. The van der Waals surface area contributed by atoms with E-state index in [0.29, 0.717) is 24.7 Å². The molecule has 1 saturated heterocycles. The van der Waals surface area contributed by atoms with Crippen molar-refractivity contribution < 1.29 is 13.9 Å². The molecule has 0 N–H and O–H groups in total. The SMILES string of the molecule is Cc1ccc(OC(=O)N2CCC(n3cnc(-c4ccc(F)cc4)n3)CC2)cn1. The third-order valence-corrected chi connectivity index (χ3v) is 4.80. The molecule has 4 rings (SSSR count). The van der Waals surface area contributed by atoms with E-state index in [1.165, 1.54) is 12.1 Å². The van der Waals surface area contributed by atoms with Crippen LogP contribution in [-0.4, -0.2) is 43.8 Å². The Labute approximate surface area is 161 Å². The molecule has 2 aromatic heterocycles. The van der Waals surface area contributed by atoms with Gasteiger partial charge in [-0.3, -0.25) is 4.98 Å². The van der Waals surface area contributed by atoms with E-state index in [1.54, 1.807) is 41.7 Å². The lowest BCUT2D eigenvalue weighted by Gasteiger charge is -2.31. The number of halogens is 1. The molecule has 1 amide bonds. The molecule has 0 unspecified atom stereocenters. The van der Waals surface area contributed by atoms with Crippen molar-refractivity contribution in [1.29, 1.82) is 0 Å². The fraction of sp³-hybridized carbons (Fsp3) is 0.300. The van der Waals surface area contributed by atoms with E-state index >= 15 is 0 Å². The lowest BCUT2D eigenvalue weighted by atomic mass is 10.1. The first-order chi connectivity index (χ1) is 13.6. The summed E-state index contributed by atoms with van der Waals surface area (Å²) in [5.41, 5.74) is 1.64. The van der Waals surface area contributed by atoms with Crippen LogP contribution in [0.3, 0.4) is 0 Å². The highest BCUT2D eigenvalue weighted by atomic mass is 19.1. The van der Waals surface area contributed by atoms with Crippen molar-refractivity contribution in [3.8, 4) is 17.1 Å². The Morgan fingerprint density at radius 3 is 2.54 bits per heavy atom. The van der Waals surface area contributed by atoms with Crippen LogP contribution in [0.1, 0.15) is 24.6 Å². The molecule has 144 valence electrons. The molecule has 1 fully saturated rings. The summed E-state index contributed by atoms with van der Waals surface area (Å²) >= 11 is 0. The van der Waals surface area contributed by atoms with Crippen LogP contribution >= 0.6 is 0 Å². The number of rotatable bonds is 3. The maximum Gasteiger partial charge on any atom is 0.415 e. The van der Waals surface area contributed by atoms with Gasteiger partial charge in [-0.1, -0.05) is 0 Å². The summed E-state index contributed by atoms with van der Waals surface area (Å²) in [4.78, 5) is 22.5. The Kier molecular flexibility index (Phi) is 5.01. The monoisotopic (exact) mass is 381 g/mol. The van der Waals surface area contributed by atoms with Crippen LogP contribution in [0.15, 0.2) is 48.9 Å². The predicted molar refractivity (Wildman–Crippen MR) is 100 cm³/mol. The van der Waals surface area contributed by atoms with E-state index in [0.717, 1.165) is 24.1 Å². The molecule has 0 bridgehead atoms. The second kappa shape index (κ2) is 7.75. The van der Waals surface area contributed by atoms with Gasteiger partial charge in [0.2, 0.25) is 0 Å². The van der Waals surface area contributed by atoms with Crippen LogP contribution in [0, 0.1) is 12.7 Å². The third kappa shape index (κ3) is 4.00. The van der Waals surface area contributed by atoms with Crippen LogP contribution in [0.4, 0.5) is 9.18 Å². The van der Waals surface area contributed by atoms with Gasteiger partial charge in [0, 0.05) is 24.3 Å². The zero-order valence-corrected chi connectivity index (χ0v) is 15.5. The van der Waals surface area contributed by atoms with Crippen molar-refractivity contribution in [1.82, 2.24) is 24.6 Å². The Hall–Kier alpha value is -3.29. The van der Waals surface area contributed by atoms with Crippen molar-refractivity contribution in [3.63, 3.8) is 0 Å². The molecular formula is C20H20FN5O2. The van der Waals surface area contributed by atoms with Crippen LogP contribution in [0.25, 0.3) is 11.4 Å². The highest BCUT2D eigenvalue weighted by Crippen LogP contribution is 2.24. The lowest BCUT2D eigenvalue weighted by molar-refractivity contribution is 0.130. The summed E-state index contributed by atoms with van der Waals surface area (Å²) in [5, 5.41) is 4.52. The first kappa shape index (κ1) is 18.1. The number of aryl methyl sites for hydroxylation is 1. The van der Waals surface area contributed by atoms with Gasteiger partial charge in [0.25, 0.3) is 0 Å². The van der Waals surface area contributed by atoms with Gasteiger partial charge >= 0.3 is 6.09 Å². The van der Waals surface area contributed by atoms with Crippen molar-refractivity contribution in [2.45, 2.75) is 25.8 Å². The van der Waals surface area contributed by atoms with E-state index in [2.05, 4.69) is 15.1 Å². The third-order valence-electron chi connectivity index (χ3n) is 4.80. The number of aromatic nitrogens is 4. The maximum atomic E-state index is 13.1. The van der Waals surface area contributed by atoms with Gasteiger partial charge in [0.1, 0.15) is 12.1 Å². The molecule has 0 atom stereocenters. The number of likely N-dealkylation sites (tertiary alicyclic amines) is 1. The van der Waals surface area contributed by atoms with Gasteiger partial charge in [0.15, 0.2) is 11.6 Å². The first-order valence-corrected chi connectivity index (χ1v) is 9.15. The minimum Gasteiger partial charge on any atom is -0.409 e. The minimum atomic E-state index is -0.366. The average Bonchev–Trinajstić information content (AvgIpc) is 3.20. The first-order valence-electron chi connectivity index (χ1n) is 9.15. The molecule has 28 heavy (non-hydrogen) atoms. The number of carbonyl (C=O) groups excluding carboxylic acids is 1. The molecule has 3 aromatic rings. The van der Waals surface area contributed by atoms with Crippen LogP contribution in [0.2, 0.25) is 0 Å². The van der Waals surface area contributed by atoms with E-state index < -0.39 is 0 Å². The highest BCUT2D eigenvalue weighted by molar-refractivity contribution is 5.70. The number of hydrogen-bond donors (Lipinski definition) is 0. The van der Waals surface area contributed by atoms with E-state index in [-0.39, 0.29) is 18.0 Å². The lowest BCUT2D eigenvalue weighted by Crippen LogP contribution is -2.40. The number of carbonyl (C=O) groups is 1. The smallest absolute Gasteiger partial charge is 0.409 e. The summed E-state index contributed by atoms with van der Waals surface area (Å²) < 4.78 is 20.3. The molecule has 1 aliphatic heterocycles. The standard InChI is InChI=1S/C20H20FN5O2/c1-14-2-7-18(12-22-14)28-20(27)25-10-8-17(9-11-25)26-13-23-19(24-26)15-3-5-16(21)6-4-15/h2-7,12-13,17H,8-11H2,1H3. The number of piperidine rings is 1. The average molecular weight is 381 g/mol. The summed E-state index contributed by atoms with van der Waals surface area (Å²) in [6, 6.07) is 9.80. The Bertz CT molecular complexity index is 947. The largest absolute Gasteiger partial charge is 0.415 e. The van der Waals surface area contributed by atoms with Gasteiger partial charge in [-0.05, 0) is 56.2 Å². The molecule has 8 heteroatoms. The van der Waals surface area contributed by atoms with Gasteiger partial charge < -0.3 is 9.64 Å². The second-order valence-corrected chi connectivity index (χ2v) is 6.78.